The van der Waals surface area contributed by atoms with Crippen molar-refractivity contribution in [1.29, 1.82) is 0 Å². The van der Waals surface area contributed by atoms with Crippen LogP contribution >= 0.6 is 27.5 Å². The minimum Gasteiger partial charge on any atom is -0.361 e. The number of aryl methyl sites for hydroxylation is 2. The molecule has 6 heteroatoms. The lowest BCUT2D eigenvalue weighted by Gasteiger charge is -2.14. The molecule has 1 aromatic heterocycles. The fourth-order valence-corrected chi connectivity index (χ4v) is 2.71. The van der Waals surface area contributed by atoms with E-state index in [-0.39, 0.29) is 11.9 Å². The lowest BCUT2D eigenvalue weighted by Crippen LogP contribution is -2.27. The molecule has 0 aliphatic carbocycles. The third kappa shape index (κ3) is 2.88. The summed E-state index contributed by atoms with van der Waals surface area (Å²) in [6.07, 6.45) is 0. The van der Waals surface area contributed by atoms with Gasteiger partial charge >= 0.3 is 0 Å². The number of benzene rings is 1. The van der Waals surface area contributed by atoms with Gasteiger partial charge < -0.3 is 9.84 Å². The third-order valence-electron chi connectivity index (χ3n) is 3.07. The Morgan fingerprint density at radius 1 is 1.45 bits per heavy atom. The molecular formula is C14H14BrClN2O2. The number of amides is 1. The van der Waals surface area contributed by atoms with Crippen molar-refractivity contribution in [3.05, 3.63) is 50.3 Å². The second kappa shape index (κ2) is 5.97. The first-order valence-corrected chi connectivity index (χ1v) is 7.26. The van der Waals surface area contributed by atoms with E-state index in [9.17, 15) is 4.79 Å². The van der Waals surface area contributed by atoms with E-state index in [1.54, 1.807) is 18.2 Å². The summed E-state index contributed by atoms with van der Waals surface area (Å²) in [4.78, 5) is 12.3. The summed E-state index contributed by atoms with van der Waals surface area (Å²) in [7, 11) is 0. The van der Waals surface area contributed by atoms with Crippen LogP contribution in [0.2, 0.25) is 5.02 Å². The molecule has 1 amide bonds. The summed E-state index contributed by atoms with van der Waals surface area (Å²) >= 11 is 9.43. The maximum absolute atomic E-state index is 12.3. The monoisotopic (exact) mass is 356 g/mol. The van der Waals surface area contributed by atoms with Crippen LogP contribution in [0.1, 0.15) is 40.3 Å². The van der Waals surface area contributed by atoms with Gasteiger partial charge in [-0.25, -0.2) is 0 Å². The number of halogens is 2. The molecule has 1 N–H and O–H groups in total. The number of nitrogens with zero attached hydrogens (tertiary/aromatic N) is 1. The first kappa shape index (κ1) is 15.1. The zero-order valence-corrected chi connectivity index (χ0v) is 13.7. The van der Waals surface area contributed by atoms with Crippen LogP contribution in [0.4, 0.5) is 0 Å². The molecular weight excluding hydrogens is 344 g/mol. The van der Waals surface area contributed by atoms with Crippen LogP contribution in [0.5, 0.6) is 0 Å². The Bertz CT molecular complexity index is 635. The molecule has 1 unspecified atom stereocenters. The van der Waals surface area contributed by atoms with Crippen LogP contribution in [-0.4, -0.2) is 11.1 Å². The second-order valence-corrected chi connectivity index (χ2v) is 5.77. The third-order valence-corrected chi connectivity index (χ3v) is 4.36. The Morgan fingerprint density at radius 3 is 2.75 bits per heavy atom. The molecule has 0 spiro atoms. The summed E-state index contributed by atoms with van der Waals surface area (Å²) in [6.45, 7) is 5.56. The lowest BCUT2D eigenvalue weighted by atomic mass is 10.1. The quantitative estimate of drug-likeness (QED) is 0.895. The number of carbonyl (C=O) groups is 1. The zero-order chi connectivity index (χ0) is 14.9. The van der Waals surface area contributed by atoms with Gasteiger partial charge in [-0.15, -0.1) is 0 Å². The number of hydrogen-bond acceptors (Lipinski definition) is 3. The predicted molar refractivity (Wildman–Crippen MR) is 81.0 cm³/mol. The largest absolute Gasteiger partial charge is 0.361 e. The number of hydrogen-bond donors (Lipinski definition) is 1. The standard InChI is InChI=1S/C14H14BrClN2O2/c1-7(12-8(2)18-20-9(12)3)17-14(19)10-5-4-6-11(15)13(10)16/h4-7H,1-3H3,(H,17,19). The van der Waals surface area contributed by atoms with Crippen molar-refractivity contribution in [2.75, 3.05) is 0 Å². The van der Waals surface area contributed by atoms with Gasteiger partial charge in [0, 0.05) is 10.0 Å². The summed E-state index contributed by atoms with van der Waals surface area (Å²) in [5, 5.41) is 7.19. The van der Waals surface area contributed by atoms with E-state index in [0.29, 0.717) is 20.8 Å². The molecule has 0 radical (unpaired) electrons. The van der Waals surface area contributed by atoms with Crippen molar-refractivity contribution in [3.8, 4) is 0 Å². The van der Waals surface area contributed by atoms with E-state index in [2.05, 4.69) is 26.4 Å². The van der Waals surface area contributed by atoms with Gasteiger partial charge in [-0.2, -0.15) is 0 Å². The average Bonchev–Trinajstić information content (AvgIpc) is 2.72. The molecule has 106 valence electrons. The van der Waals surface area contributed by atoms with Crippen LogP contribution < -0.4 is 5.32 Å². The van der Waals surface area contributed by atoms with Gasteiger partial charge in [0.2, 0.25) is 0 Å². The predicted octanol–water partition coefficient (Wildman–Crippen LogP) is 4.20. The molecule has 1 atom stereocenters. The van der Waals surface area contributed by atoms with E-state index < -0.39 is 0 Å². The highest BCUT2D eigenvalue weighted by molar-refractivity contribution is 9.10. The topological polar surface area (TPSA) is 55.1 Å². The van der Waals surface area contributed by atoms with E-state index in [4.69, 9.17) is 16.1 Å². The molecule has 1 aromatic carbocycles. The van der Waals surface area contributed by atoms with Crippen molar-refractivity contribution in [3.63, 3.8) is 0 Å². The first-order chi connectivity index (χ1) is 9.41. The highest BCUT2D eigenvalue weighted by atomic mass is 79.9. The number of carbonyl (C=O) groups excluding carboxylic acids is 1. The molecule has 2 aromatic rings. The van der Waals surface area contributed by atoms with Gasteiger partial charge in [-0.3, -0.25) is 4.79 Å². The smallest absolute Gasteiger partial charge is 0.253 e. The Balaban J connectivity index is 2.22. The molecule has 0 aliphatic heterocycles. The van der Waals surface area contributed by atoms with E-state index in [0.717, 1.165) is 11.3 Å². The van der Waals surface area contributed by atoms with Crippen LogP contribution in [0.25, 0.3) is 0 Å². The van der Waals surface area contributed by atoms with Gasteiger partial charge in [-0.05, 0) is 48.8 Å². The van der Waals surface area contributed by atoms with Crippen LogP contribution in [-0.2, 0) is 0 Å². The minimum atomic E-state index is -0.233. The Hall–Kier alpha value is -1.33. The van der Waals surface area contributed by atoms with E-state index in [1.165, 1.54) is 0 Å². The van der Waals surface area contributed by atoms with Gasteiger partial charge in [0.25, 0.3) is 5.91 Å². The molecule has 0 saturated carbocycles. The highest BCUT2D eigenvalue weighted by Gasteiger charge is 2.20. The molecule has 0 saturated heterocycles. The molecule has 1 heterocycles. The van der Waals surface area contributed by atoms with Crippen molar-refractivity contribution in [2.24, 2.45) is 0 Å². The van der Waals surface area contributed by atoms with Crippen LogP contribution in [0.15, 0.2) is 27.2 Å². The molecule has 0 fully saturated rings. The zero-order valence-electron chi connectivity index (χ0n) is 11.3. The van der Waals surface area contributed by atoms with Gasteiger partial charge in [-0.1, -0.05) is 22.8 Å². The number of nitrogens with one attached hydrogen (secondary N) is 1. The summed E-state index contributed by atoms with van der Waals surface area (Å²) in [5.41, 5.74) is 2.10. The van der Waals surface area contributed by atoms with Gasteiger partial charge in [0.15, 0.2) is 0 Å². The van der Waals surface area contributed by atoms with Crippen molar-refractivity contribution < 1.29 is 9.32 Å². The molecule has 0 aliphatic rings. The fraction of sp³-hybridized carbons (Fsp3) is 0.286. The molecule has 0 bridgehead atoms. The number of aromatic nitrogens is 1. The SMILES string of the molecule is Cc1noc(C)c1C(C)NC(=O)c1cccc(Br)c1Cl. The molecule has 2 rings (SSSR count). The van der Waals surface area contributed by atoms with Gasteiger partial charge in [0.05, 0.1) is 22.3 Å². The van der Waals surface area contributed by atoms with Gasteiger partial charge in [0.1, 0.15) is 5.76 Å². The minimum absolute atomic E-state index is 0.205. The van der Waals surface area contributed by atoms with E-state index >= 15 is 0 Å². The Morgan fingerprint density at radius 2 is 2.15 bits per heavy atom. The normalized spacial score (nSPS) is 12.2. The van der Waals surface area contributed by atoms with Crippen molar-refractivity contribution >= 4 is 33.4 Å². The average molecular weight is 358 g/mol. The Kier molecular flexibility index (Phi) is 4.50. The van der Waals surface area contributed by atoms with Crippen LogP contribution in [0.3, 0.4) is 0 Å². The molecule has 20 heavy (non-hydrogen) atoms. The van der Waals surface area contributed by atoms with E-state index in [1.807, 2.05) is 20.8 Å². The molecule has 4 nitrogen and oxygen atoms in total. The highest BCUT2D eigenvalue weighted by Crippen LogP contribution is 2.27. The number of rotatable bonds is 3. The van der Waals surface area contributed by atoms with Crippen molar-refractivity contribution in [2.45, 2.75) is 26.8 Å². The summed E-state index contributed by atoms with van der Waals surface area (Å²) < 4.78 is 5.80. The first-order valence-electron chi connectivity index (χ1n) is 6.09. The van der Waals surface area contributed by atoms with Crippen molar-refractivity contribution in [1.82, 2.24) is 10.5 Å². The maximum atomic E-state index is 12.3. The lowest BCUT2D eigenvalue weighted by molar-refractivity contribution is 0.0940. The second-order valence-electron chi connectivity index (χ2n) is 4.53. The fourth-order valence-electron chi connectivity index (χ4n) is 2.13. The maximum Gasteiger partial charge on any atom is 0.253 e. The van der Waals surface area contributed by atoms with Crippen LogP contribution in [0, 0.1) is 13.8 Å². The summed E-state index contributed by atoms with van der Waals surface area (Å²) in [6, 6.07) is 5.04. The Labute approximate surface area is 130 Å². The summed E-state index contributed by atoms with van der Waals surface area (Å²) in [5.74, 6) is 0.472.